The third kappa shape index (κ3) is 3.16. The molecule has 1 spiro atoms. The van der Waals surface area contributed by atoms with E-state index >= 15 is 0 Å². The van der Waals surface area contributed by atoms with Crippen LogP contribution < -0.4 is 4.90 Å². The first-order chi connectivity index (χ1) is 11.5. The molecule has 4 heteroatoms. The second-order valence-corrected chi connectivity index (χ2v) is 7.63. The van der Waals surface area contributed by atoms with Crippen LogP contribution in [0.25, 0.3) is 0 Å². The minimum atomic E-state index is -0.293. The Labute approximate surface area is 145 Å². The number of carbonyl (C=O) groups is 1. The molecule has 2 fully saturated rings. The Morgan fingerprint density at radius 3 is 2.54 bits per heavy atom. The van der Waals surface area contributed by atoms with Crippen LogP contribution in [-0.2, 0) is 16.0 Å². The first kappa shape index (κ1) is 17.3. The average molecular weight is 330 g/mol. The van der Waals surface area contributed by atoms with Gasteiger partial charge < -0.3 is 14.5 Å². The van der Waals surface area contributed by atoms with Gasteiger partial charge in [-0.3, -0.25) is 4.79 Å². The Morgan fingerprint density at radius 1 is 1.25 bits per heavy atom. The molecule has 0 aliphatic carbocycles. The number of hydrogen-bond acceptors (Lipinski definition) is 3. The van der Waals surface area contributed by atoms with Gasteiger partial charge in [0.05, 0.1) is 5.60 Å². The van der Waals surface area contributed by atoms with E-state index in [0.717, 1.165) is 38.9 Å². The molecule has 0 radical (unpaired) electrons. The van der Waals surface area contributed by atoms with Crippen molar-refractivity contribution in [2.24, 2.45) is 5.92 Å². The molecule has 3 rings (SSSR count). The fourth-order valence-corrected chi connectivity index (χ4v) is 4.06. The number of benzene rings is 1. The molecule has 0 bridgehead atoms. The van der Waals surface area contributed by atoms with Gasteiger partial charge in [-0.1, -0.05) is 39.0 Å². The molecule has 0 N–H and O–H groups in total. The predicted molar refractivity (Wildman–Crippen MR) is 97.3 cm³/mol. The molecule has 2 saturated heterocycles. The average Bonchev–Trinajstić information content (AvgIpc) is 2.59. The van der Waals surface area contributed by atoms with Gasteiger partial charge in [0.2, 0.25) is 0 Å². The van der Waals surface area contributed by atoms with Gasteiger partial charge in [-0.05, 0) is 36.8 Å². The predicted octanol–water partition coefficient (Wildman–Crippen LogP) is 3.10. The number of likely N-dealkylation sites (N-methyl/N-ethyl adjacent to an activating group) is 1. The molecule has 2 heterocycles. The van der Waals surface area contributed by atoms with Gasteiger partial charge in [0.25, 0.3) is 5.91 Å². The summed E-state index contributed by atoms with van der Waals surface area (Å²) in [7, 11) is 1.92. The molecule has 1 unspecified atom stereocenters. The highest BCUT2D eigenvalue weighted by Crippen LogP contribution is 2.36. The summed E-state index contributed by atoms with van der Waals surface area (Å²) < 4.78 is 6.38. The zero-order chi connectivity index (χ0) is 17.3. The molecule has 1 atom stereocenters. The van der Waals surface area contributed by atoms with E-state index in [4.69, 9.17) is 4.74 Å². The maximum absolute atomic E-state index is 12.4. The van der Waals surface area contributed by atoms with Gasteiger partial charge in [-0.25, -0.2) is 0 Å². The van der Waals surface area contributed by atoms with E-state index in [1.807, 2.05) is 11.9 Å². The van der Waals surface area contributed by atoms with Gasteiger partial charge in [0.1, 0.15) is 6.10 Å². The number of ether oxygens (including phenoxy) is 1. The number of aryl methyl sites for hydroxylation is 1. The fraction of sp³-hybridized carbons (Fsp3) is 0.650. The SMILES string of the molecule is CCc1ccccc1N1CCC2(CC1)CN(C)C(=O)C(C(C)C)O2. The van der Waals surface area contributed by atoms with E-state index in [-0.39, 0.29) is 23.5 Å². The lowest BCUT2D eigenvalue weighted by Gasteiger charge is -2.50. The van der Waals surface area contributed by atoms with Crippen LogP contribution in [0, 0.1) is 5.92 Å². The van der Waals surface area contributed by atoms with E-state index in [1.54, 1.807) is 0 Å². The highest BCUT2D eigenvalue weighted by Gasteiger charge is 2.46. The topological polar surface area (TPSA) is 32.8 Å². The lowest BCUT2D eigenvalue weighted by Crippen LogP contribution is -2.62. The van der Waals surface area contributed by atoms with Crippen LogP contribution in [0.15, 0.2) is 24.3 Å². The number of nitrogens with zero attached hydrogens (tertiary/aromatic N) is 2. The molecule has 0 saturated carbocycles. The molecule has 1 aromatic carbocycles. The number of morpholine rings is 1. The Kier molecular flexibility index (Phi) is 4.86. The smallest absolute Gasteiger partial charge is 0.251 e. The van der Waals surface area contributed by atoms with Gasteiger partial charge in [0.15, 0.2) is 0 Å². The van der Waals surface area contributed by atoms with Crippen molar-refractivity contribution < 1.29 is 9.53 Å². The molecular weight excluding hydrogens is 300 g/mol. The van der Waals surface area contributed by atoms with Crippen molar-refractivity contribution in [3.05, 3.63) is 29.8 Å². The minimum Gasteiger partial charge on any atom is -0.371 e. The second-order valence-electron chi connectivity index (χ2n) is 7.63. The maximum Gasteiger partial charge on any atom is 0.251 e. The molecule has 1 amide bonds. The third-order valence-electron chi connectivity index (χ3n) is 5.52. The van der Waals surface area contributed by atoms with Gasteiger partial charge in [-0.15, -0.1) is 0 Å². The summed E-state index contributed by atoms with van der Waals surface area (Å²) >= 11 is 0. The van der Waals surface area contributed by atoms with Gasteiger partial charge in [0, 0.05) is 32.4 Å². The highest BCUT2D eigenvalue weighted by molar-refractivity contribution is 5.81. The summed E-state index contributed by atoms with van der Waals surface area (Å²) in [6.45, 7) is 9.05. The van der Waals surface area contributed by atoms with Crippen molar-refractivity contribution in [3.8, 4) is 0 Å². The van der Waals surface area contributed by atoms with Crippen LogP contribution in [0.5, 0.6) is 0 Å². The first-order valence-electron chi connectivity index (χ1n) is 9.21. The number of rotatable bonds is 3. The second kappa shape index (κ2) is 6.75. The van der Waals surface area contributed by atoms with Crippen LogP contribution in [0.3, 0.4) is 0 Å². The number of carbonyl (C=O) groups excluding carboxylic acids is 1. The Morgan fingerprint density at radius 2 is 1.92 bits per heavy atom. The maximum atomic E-state index is 12.4. The first-order valence-corrected chi connectivity index (χ1v) is 9.21. The fourth-order valence-electron chi connectivity index (χ4n) is 4.06. The largest absolute Gasteiger partial charge is 0.371 e. The number of amides is 1. The van der Waals surface area contributed by atoms with Crippen molar-refractivity contribution in [1.82, 2.24) is 4.90 Å². The van der Waals surface area contributed by atoms with Crippen molar-refractivity contribution in [2.45, 2.75) is 51.7 Å². The Hall–Kier alpha value is -1.55. The Balaban J connectivity index is 1.73. The molecule has 2 aliphatic heterocycles. The molecule has 132 valence electrons. The van der Waals surface area contributed by atoms with Crippen LogP contribution in [0.4, 0.5) is 5.69 Å². The lowest BCUT2D eigenvalue weighted by atomic mass is 9.87. The standard InChI is InChI=1S/C20H30N2O2/c1-5-16-8-6-7-9-17(16)22-12-10-20(11-13-22)14-21(4)19(23)18(24-20)15(2)3/h6-9,15,18H,5,10-14H2,1-4H3. The molecular formula is C20H30N2O2. The van der Waals surface area contributed by atoms with Crippen LogP contribution in [-0.4, -0.2) is 49.2 Å². The quantitative estimate of drug-likeness (QED) is 0.854. The van der Waals surface area contributed by atoms with E-state index in [1.165, 1.54) is 11.3 Å². The van der Waals surface area contributed by atoms with Gasteiger partial charge in [-0.2, -0.15) is 0 Å². The molecule has 2 aliphatic rings. The summed E-state index contributed by atoms with van der Waals surface area (Å²) in [6, 6.07) is 8.69. The summed E-state index contributed by atoms with van der Waals surface area (Å²) in [5.41, 5.74) is 2.59. The number of piperidine rings is 1. The Bertz CT molecular complexity index is 591. The lowest BCUT2D eigenvalue weighted by molar-refractivity contribution is -0.191. The normalized spacial score (nSPS) is 24.0. The summed E-state index contributed by atoms with van der Waals surface area (Å²) in [6.07, 6.45) is 2.72. The molecule has 1 aromatic rings. The minimum absolute atomic E-state index is 0.134. The van der Waals surface area contributed by atoms with Crippen molar-refractivity contribution in [2.75, 3.05) is 31.6 Å². The van der Waals surface area contributed by atoms with E-state index in [0.29, 0.717) is 0 Å². The van der Waals surface area contributed by atoms with Crippen molar-refractivity contribution in [1.29, 1.82) is 0 Å². The van der Waals surface area contributed by atoms with E-state index in [2.05, 4.69) is 49.9 Å². The third-order valence-corrected chi connectivity index (χ3v) is 5.52. The molecule has 0 aromatic heterocycles. The number of hydrogen-bond donors (Lipinski definition) is 0. The molecule has 4 nitrogen and oxygen atoms in total. The van der Waals surface area contributed by atoms with Crippen molar-refractivity contribution in [3.63, 3.8) is 0 Å². The summed E-state index contributed by atoms with van der Waals surface area (Å²) in [4.78, 5) is 16.7. The zero-order valence-electron chi connectivity index (χ0n) is 15.4. The molecule has 24 heavy (non-hydrogen) atoms. The number of para-hydroxylation sites is 1. The van der Waals surface area contributed by atoms with Crippen LogP contribution in [0.2, 0.25) is 0 Å². The summed E-state index contributed by atoms with van der Waals surface area (Å²) in [5.74, 6) is 0.352. The summed E-state index contributed by atoms with van der Waals surface area (Å²) in [5, 5.41) is 0. The zero-order valence-corrected chi connectivity index (χ0v) is 15.4. The number of anilines is 1. The van der Waals surface area contributed by atoms with Gasteiger partial charge >= 0.3 is 0 Å². The van der Waals surface area contributed by atoms with Crippen LogP contribution in [0.1, 0.15) is 39.2 Å². The monoisotopic (exact) mass is 330 g/mol. The van der Waals surface area contributed by atoms with E-state index < -0.39 is 0 Å². The van der Waals surface area contributed by atoms with E-state index in [9.17, 15) is 4.79 Å². The van der Waals surface area contributed by atoms with Crippen LogP contribution >= 0.6 is 0 Å². The highest BCUT2D eigenvalue weighted by atomic mass is 16.5. The van der Waals surface area contributed by atoms with Crippen molar-refractivity contribution >= 4 is 11.6 Å².